The van der Waals surface area contributed by atoms with Crippen molar-refractivity contribution in [3.05, 3.63) is 35.9 Å². The lowest BCUT2D eigenvalue weighted by Gasteiger charge is -2.41. The zero-order chi connectivity index (χ0) is 14.7. The highest BCUT2D eigenvalue weighted by Crippen LogP contribution is 2.42. The molecule has 0 radical (unpaired) electrons. The van der Waals surface area contributed by atoms with Crippen LogP contribution >= 0.6 is 0 Å². The molecule has 21 heavy (non-hydrogen) atoms. The molecule has 2 aliphatic heterocycles. The van der Waals surface area contributed by atoms with Crippen molar-refractivity contribution in [2.45, 2.75) is 56.9 Å². The topological polar surface area (TPSA) is 36.9 Å². The summed E-state index contributed by atoms with van der Waals surface area (Å²) in [6.45, 7) is 3.33. The summed E-state index contributed by atoms with van der Waals surface area (Å²) >= 11 is 0. The third-order valence-corrected chi connectivity index (χ3v) is 4.38. The maximum absolute atomic E-state index is 6.16. The summed E-state index contributed by atoms with van der Waals surface area (Å²) in [5.41, 5.74) is 1.18. The van der Waals surface area contributed by atoms with E-state index in [0.29, 0.717) is 13.2 Å². The van der Waals surface area contributed by atoms with Gasteiger partial charge in [-0.3, -0.25) is 0 Å². The predicted octanol–water partition coefficient (Wildman–Crippen LogP) is 2.90. The van der Waals surface area contributed by atoms with Gasteiger partial charge in [0.25, 0.3) is 0 Å². The molecule has 0 saturated carbocycles. The number of rotatable bonds is 6. The zero-order valence-electron chi connectivity index (χ0n) is 12.8. The molecule has 2 aliphatic rings. The van der Waals surface area contributed by atoms with Crippen molar-refractivity contribution in [3.8, 4) is 0 Å². The van der Waals surface area contributed by atoms with E-state index in [0.717, 1.165) is 19.3 Å². The highest BCUT2D eigenvalue weighted by atomic mass is 16.8. The minimum atomic E-state index is -0.555. The van der Waals surface area contributed by atoms with Gasteiger partial charge in [0, 0.05) is 20.0 Å². The monoisotopic (exact) mass is 292 g/mol. The molecule has 1 unspecified atom stereocenters. The van der Waals surface area contributed by atoms with Crippen LogP contribution in [0.1, 0.15) is 31.7 Å². The molecule has 2 fully saturated rings. The summed E-state index contributed by atoms with van der Waals surface area (Å²) < 4.78 is 23.8. The predicted molar refractivity (Wildman–Crippen MR) is 78.9 cm³/mol. The number of fused-ring (bicyclic) bond motifs is 2. The number of hydrogen-bond donors (Lipinski definition) is 0. The molecule has 0 N–H and O–H groups in total. The molecule has 4 heteroatoms. The zero-order valence-corrected chi connectivity index (χ0v) is 12.8. The van der Waals surface area contributed by atoms with Crippen LogP contribution in [0.3, 0.4) is 0 Å². The summed E-state index contributed by atoms with van der Waals surface area (Å²) in [5.74, 6) is -0.555. The molecule has 0 amide bonds. The second kappa shape index (κ2) is 6.44. The van der Waals surface area contributed by atoms with E-state index >= 15 is 0 Å². The van der Waals surface area contributed by atoms with Gasteiger partial charge in [0.2, 0.25) is 0 Å². The first-order chi connectivity index (χ1) is 10.3. The lowest BCUT2D eigenvalue weighted by molar-refractivity contribution is -0.276. The molecule has 4 atom stereocenters. The molecular formula is C17H24O4. The van der Waals surface area contributed by atoms with E-state index < -0.39 is 5.79 Å². The van der Waals surface area contributed by atoms with Gasteiger partial charge in [0.1, 0.15) is 12.2 Å². The molecule has 0 spiro atoms. The Hall–Kier alpha value is -0.940. The third-order valence-electron chi connectivity index (χ3n) is 4.38. The van der Waals surface area contributed by atoms with Crippen molar-refractivity contribution in [2.24, 2.45) is 0 Å². The van der Waals surface area contributed by atoms with Crippen LogP contribution in [0.4, 0.5) is 0 Å². The van der Waals surface area contributed by atoms with Crippen LogP contribution in [-0.2, 0) is 25.6 Å². The fourth-order valence-corrected chi connectivity index (χ4v) is 3.31. The standard InChI is InChI=1S/C17H24O4/c1-3-9-17-16(18-2)10-14(15(21-17)12-20-17)19-11-13-7-5-4-6-8-13/h4-8,14-16H,3,9-12H2,1-2H3/t14-,15+,16+,17?/m0/s1. The van der Waals surface area contributed by atoms with E-state index in [1.165, 1.54) is 5.56 Å². The molecule has 0 aromatic heterocycles. The average Bonchev–Trinajstić information content (AvgIpc) is 2.88. The first-order valence-corrected chi connectivity index (χ1v) is 7.77. The Bertz CT molecular complexity index is 449. The van der Waals surface area contributed by atoms with E-state index in [-0.39, 0.29) is 18.3 Å². The Morgan fingerprint density at radius 3 is 2.81 bits per heavy atom. The summed E-state index contributed by atoms with van der Waals surface area (Å²) in [6.07, 6.45) is 2.70. The SMILES string of the molecule is CCCC12OC[C@@H](O1)[C@@H](OCc1ccccc1)C[C@H]2OC. The second-order valence-corrected chi connectivity index (χ2v) is 5.82. The number of benzene rings is 1. The first-order valence-electron chi connectivity index (χ1n) is 7.77. The maximum Gasteiger partial charge on any atom is 0.195 e. The quantitative estimate of drug-likeness (QED) is 0.808. The number of hydrogen-bond acceptors (Lipinski definition) is 4. The molecule has 1 aromatic rings. The molecule has 2 heterocycles. The van der Waals surface area contributed by atoms with Crippen molar-refractivity contribution in [1.82, 2.24) is 0 Å². The van der Waals surface area contributed by atoms with Crippen LogP contribution in [0.2, 0.25) is 0 Å². The lowest BCUT2D eigenvalue weighted by Crippen LogP contribution is -2.52. The van der Waals surface area contributed by atoms with Crippen LogP contribution in [0.25, 0.3) is 0 Å². The lowest BCUT2D eigenvalue weighted by atomic mass is 9.94. The molecule has 2 saturated heterocycles. The van der Waals surface area contributed by atoms with Gasteiger partial charge in [-0.05, 0) is 5.56 Å². The van der Waals surface area contributed by atoms with Gasteiger partial charge in [0.15, 0.2) is 5.79 Å². The van der Waals surface area contributed by atoms with Crippen LogP contribution < -0.4 is 0 Å². The minimum Gasteiger partial charge on any atom is -0.376 e. The maximum atomic E-state index is 6.16. The van der Waals surface area contributed by atoms with Crippen molar-refractivity contribution >= 4 is 0 Å². The van der Waals surface area contributed by atoms with Crippen molar-refractivity contribution in [2.75, 3.05) is 13.7 Å². The van der Waals surface area contributed by atoms with Crippen LogP contribution in [0.5, 0.6) is 0 Å². The smallest absolute Gasteiger partial charge is 0.195 e. The first kappa shape index (κ1) is 15.0. The molecule has 116 valence electrons. The van der Waals surface area contributed by atoms with Crippen molar-refractivity contribution in [3.63, 3.8) is 0 Å². The Morgan fingerprint density at radius 1 is 1.29 bits per heavy atom. The molecule has 1 aromatic carbocycles. The third kappa shape index (κ3) is 2.99. The average molecular weight is 292 g/mol. The van der Waals surface area contributed by atoms with E-state index in [2.05, 4.69) is 19.1 Å². The molecular weight excluding hydrogens is 268 g/mol. The van der Waals surface area contributed by atoms with E-state index in [4.69, 9.17) is 18.9 Å². The van der Waals surface area contributed by atoms with Gasteiger partial charge < -0.3 is 18.9 Å². The Labute approximate surface area is 126 Å². The summed E-state index contributed by atoms with van der Waals surface area (Å²) in [4.78, 5) is 0. The Balaban J connectivity index is 1.64. The van der Waals surface area contributed by atoms with Crippen LogP contribution in [0.15, 0.2) is 30.3 Å². The minimum absolute atomic E-state index is 0.0201. The number of methoxy groups -OCH3 is 1. The highest BCUT2D eigenvalue weighted by Gasteiger charge is 2.55. The molecule has 3 rings (SSSR count). The Kier molecular flexibility index (Phi) is 4.60. The number of ether oxygens (including phenoxy) is 4. The Morgan fingerprint density at radius 2 is 2.10 bits per heavy atom. The van der Waals surface area contributed by atoms with Gasteiger partial charge >= 0.3 is 0 Å². The second-order valence-electron chi connectivity index (χ2n) is 5.82. The largest absolute Gasteiger partial charge is 0.376 e. The van der Waals surface area contributed by atoms with E-state index in [9.17, 15) is 0 Å². The fourth-order valence-electron chi connectivity index (χ4n) is 3.31. The van der Waals surface area contributed by atoms with Crippen molar-refractivity contribution in [1.29, 1.82) is 0 Å². The van der Waals surface area contributed by atoms with Crippen LogP contribution in [-0.4, -0.2) is 37.8 Å². The summed E-state index contributed by atoms with van der Waals surface area (Å²) in [6, 6.07) is 10.2. The van der Waals surface area contributed by atoms with Gasteiger partial charge in [-0.15, -0.1) is 0 Å². The molecule has 0 aliphatic carbocycles. The van der Waals surface area contributed by atoms with Gasteiger partial charge in [-0.25, -0.2) is 0 Å². The summed E-state index contributed by atoms with van der Waals surface area (Å²) in [5, 5.41) is 0. The highest BCUT2D eigenvalue weighted by molar-refractivity contribution is 5.13. The van der Waals surface area contributed by atoms with Crippen molar-refractivity contribution < 1.29 is 18.9 Å². The van der Waals surface area contributed by atoms with E-state index in [1.807, 2.05) is 18.2 Å². The summed E-state index contributed by atoms with van der Waals surface area (Å²) in [7, 11) is 1.72. The normalized spacial score (nSPS) is 35.0. The molecule has 4 nitrogen and oxygen atoms in total. The van der Waals surface area contributed by atoms with Gasteiger partial charge in [-0.2, -0.15) is 0 Å². The van der Waals surface area contributed by atoms with Gasteiger partial charge in [0.05, 0.1) is 19.3 Å². The van der Waals surface area contributed by atoms with Gasteiger partial charge in [-0.1, -0.05) is 43.7 Å². The fraction of sp³-hybridized carbons (Fsp3) is 0.647. The molecule has 2 bridgehead atoms. The van der Waals surface area contributed by atoms with E-state index in [1.54, 1.807) is 7.11 Å². The van der Waals surface area contributed by atoms with Crippen LogP contribution in [0, 0.1) is 0 Å².